The minimum Gasteiger partial charge on any atom is -0.456 e. The molecule has 0 unspecified atom stereocenters. The van der Waals surface area contributed by atoms with Crippen LogP contribution in [-0.2, 0) is 16.6 Å². The van der Waals surface area contributed by atoms with Crippen LogP contribution in [0.25, 0.3) is 10.9 Å². The Bertz CT molecular complexity index is 1340. The van der Waals surface area contributed by atoms with Crippen LogP contribution in [0.5, 0.6) is 11.5 Å². The number of aromatic nitrogens is 1. The predicted molar refractivity (Wildman–Crippen MR) is 113 cm³/mol. The van der Waals surface area contributed by atoms with Crippen LogP contribution in [0.15, 0.2) is 90.0 Å². The minimum absolute atomic E-state index is 0.127. The maximum absolute atomic E-state index is 12.7. The first-order valence-electron chi connectivity index (χ1n) is 9.16. The van der Waals surface area contributed by atoms with Gasteiger partial charge in [-0.15, -0.1) is 0 Å². The van der Waals surface area contributed by atoms with E-state index in [1.54, 1.807) is 48.7 Å². The largest absolute Gasteiger partial charge is 0.456 e. The van der Waals surface area contributed by atoms with Gasteiger partial charge in [0.25, 0.3) is 0 Å². The van der Waals surface area contributed by atoms with Crippen molar-refractivity contribution in [1.82, 2.24) is 9.71 Å². The van der Waals surface area contributed by atoms with Crippen molar-refractivity contribution >= 4 is 20.9 Å². The second-order valence-corrected chi connectivity index (χ2v) is 8.26. The number of nitrogens with one attached hydrogen (secondary N) is 1. The molecular weight excluding hydrogens is 398 g/mol. The van der Waals surface area contributed by atoms with Gasteiger partial charge in [-0.2, -0.15) is 5.26 Å². The van der Waals surface area contributed by atoms with Gasteiger partial charge in [0, 0.05) is 18.1 Å². The molecule has 0 saturated heterocycles. The average Bonchev–Trinajstić information content (AvgIpc) is 2.78. The van der Waals surface area contributed by atoms with E-state index in [4.69, 9.17) is 10.00 Å². The second-order valence-electron chi connectivity index (χ2n) is 6.49. The summed E-state index contributed by atoms with van der Waals surface area (Å²) in [4.78, 5) is 4.42. The third-order valence-corrected chi connectivity index (χ3v) is 5.98. The number of para-hydroxylation sites is 2. The molecule has 0 aliphatic rings. The Balaban J connectivity index is 1.50. The lowest BCUT2D eigenvalue weighted by Crippen LogP contribution is -2.23. The SMILES string of the molecule is N#Cc1ccccc1Oc1ccc(S(=O)(=O)NCc2ccnc3ccccc23)cc1. The van der Waals surface area contributed by atoms with Crippen LogP contribution < -0.4 is 9.46 Å². The van der Waals surface area contributed by atoms with E-state index >= 15 is 0 Å². The molecule has 1 N–H and O–H groups in total. The first-order chi connectivity index (χ1) is 14.6. The second kappa shape index (κ2) is 8.33. The van der Waals surface area contributed by atoms with E-state index < -0.39 is 10.0 Å². The van der Waals surface area contributed by atoms with Crippen molar-refractivity contribution in [3.8, 4) is 17.6 Å². The molecule has 148 valence electrons. The highest BCUT2D eigenvalue weighted by molar-refractivity contribution is 7.89. The van der Waals surface area contributed by atoms with Crippen molar-refractivity contribution in [2.45, 2.75) is 11.4 Å². The lowest BCUT2D eigenvalue weighted by Gasteiger charge is -2.10. The maximum atomic E-state index is 12.7. The minimum atomic E-state index is -3.71. The number of pyridine rings is 1. The first-order valence-corrected chi connectivity index (χ1v) is 10.6. The van der Waals surface area contributed by atoms with Crippen LogP contribution in [0.4, 0.5) is 0 Å². The van der Waals surface area contributed by atoms with E-state index in [2.05, 4.69) is 15.8 Å². The van der Waals surface area contributed by atoms with Crippen LogP contribution in [0, 0.1) is 11.3 Å². The van der Waals surface area contributed by atoms with Gasteiger partial charge in [-0.25, -0.2) is 13.1 Å². The number of hydrogen-bond donors (Lipinski definition) is 1. The highest BCUT2D eigenvalue weighted by Crippen LogP contribution is 2.26. The molecule has 4 rings (SSSR count). The van der Waals surface area contributed by atoms with E-state index in [0.29, 0.717) is 17.1 Å². The molecule has 0 aliphatic carbocycles. The summed E-state index contributed by atoms with van der Waals surface area (Å²) in [6, 6.07) is 24.4. The summed E-state index contributed by atoms with van der Waals surface area (Å²) in [7, 11) is -3.71. The van der Waals surface area contributed by atoms with Crippen LogP contribution in [0.1, 0.15) is 11.1 Å². The number of fused-ring (bicyclic) bond motifs is 1. The van der Waals surface area contributed by atoms with Crippen molar-refractivity contribution in [3.05, 3.63) is 96.2 Å². The van der Waals surface area contributed by atoms with Gasteiger partial charge in [0.1, 0.15) is 17.6 Å². The molecule has 3 aromatic carbocycles. The number of rotatable bonds is 6. The predicted octanol–water partition coefficient (Wildman–Crippen LogP) is 4.38. The number of benzene rings is 3. The van der Waals surface area contributed by atoms with Crippen LogP contribution in [0.2, 0.25) is 0 Å². The summed E-state index contributed by atoms with van der Waals surface area (Å²) in [6.07, 6.45) is 1.66. The van der Waals surface area contributed by atoms with Crippen molar-refractivity contribution in [1.29, 1.82) is 5.26 Å². The molecule has 0 fully saturated rings. The number of hydrogen-bond acceptors (Lipinski definition) is 5. The molecule has 0 amide bonds. The maximum Gasteiger partial charge on any atom is 0.240 e. The van der Waals surface area contributed by atoms with Crippen molar-refractivity contribution in [2.75, 3.05) is 0 Å². The lowest BCUT2D eigenvalue weighted by atomic mass is 10.1. The molecule has 1 aromatic heterocycles. The van der Waals surface area contributed by atoms with Gasteiger partial charge < -0.3 is 4.74 Å². The normalized spacial score (nSPS) is 11.2. The average molecular weight is 415 g/mol. The number of nitriles is 1. The third-order valence-electron chi connectivity index (χ3n) is 4.56. The number of nitrogens with zero attached hydrogens (tertiary/aromatic N) is 2. The molecule has 0 bridgehead atoms. The smallest absolute Gasteiger partial charge is 0.240 e. The molecule has 0 atom stereocenters. The molecule has 30 heavy (non-hydrogen) atoms. The highest BCUT2D eigenvalue weighted by Gasteiger charge is 2.15. The Morgan fingerprint density at radius 3 is 2.47 bits per heavy atom. The quantitative estimate of drug-likeness (QED) is 0.505. The van der Waals surface area contributed by atoms with Gasteiger partial charge >= 0.3 is 0 Å². The zero-order valence-corrected chi connectivity index (χ0v) is 16.6. The topological polar surface area (TPSA) is 92.1 Å². The summed E-state index contributed by atoms with van der Waals surface area (Å²) >= 11 is 0. The molecule has 0 aliphatic heterocycles. The molecule has 1 heterocycles. The summed E-state index contributed by atoms with van der Waals surface area (Å²) in [5.41, 5.74) is 2.06. The molecule has 6 nitrogen and oxygen atoms in total. The Morgan fingerprint density at radius 1 is 0.933 bits per heavy atom. The molecule has 0 saturated carbocycles. The van der Waals surface area contributed by atoms with Gasteiger partial charge in [-0.1, -0.05) is 30.3 Å². The fraction of sp³-hybridized carbons (Fsp3) is 0.0435. The van der Waals surface area contributed by atoms with Crippen molar-refractivity contribution in [3.63, 3.8) is 0 Å². The van der Waals surface area contributed by atoms with Crippen molar-refractivity contribution in [2.24, 2.45) is 0 Å². The van der Waals surface area contributed by atoms with E-state index in [0.717, 1.165) is 16.5 Å². The fourth-order valence-corrected chi connectivity index (χ4v) is 4.03. The number of sulfonamides is 1. The van der Waals surface area contributed by atoms with Crippen molar-refractivity contribution < 1.29 is 13.2 Å². The molecular formula is C23H17N3O3S. The summed E-state index contributed by atoms with van der Waals surface area (Å²) < 4.78 is 33.7. The van der Waals surface area contributed by atoms with Crippen LogP contribution in [0.3, 0.4) is 0 Å². The molecule has 0 spiro atoms. The fourth-order valence-electron chi connectivity index (χ4n) is 3.03. The summed E-state index contributed by atoms with van der Waals surface area (Å²) in [6.45, 7) is 0.152. The molecule has 0 radical (unpaired) electrons. The van der Waals surface area contributed by atoms with Gasteiger partial charge in [-0.05, 0) is 54.1 Å². The molecule has 4 aromatic rings. The molecule has 7 heteroatoms. The van der Waals surface area contributed by atoms with Crippen LogP contribution >= 0.6 is 0 Å². The summed E-state index contributed by atoms with van der Waals surface area (Å²) in [5.74, 6) is 0.857. The van der Waals surface area contributed by atoms with Gasteiger partial charge in [0.15, 0.2) is 0 Å². The van der Waals surface area contributed by atoms with Gasteiger partial charge in [-0.3, -0.25) is 4.98 Å². The first kappa shape index (κ1) is 19.6. The summed E-state index contributed by atoms with van der Waals surface area (Å²) in [5, 5.41) is 10.1. The van der Waals surface area contributed by atoms with Gasteiger partial charge in [0.2, 0.25) is 10.0 Å². The Morgan fingerprint density at radius 2 is 1.67 bits per heavy atom. The van der Waals surface area contributed by atoms with Crippen LogP contribution in [-0.4, -0.2) is 13.4 Å². The van der Waals surface area contributed by atoms with E-state index in [1.807, 2.05) is 24.3 Å². The van der Waals surface area contributed by atoms with E-state index in [9.17, 15) is 8.42 Å². The Hall–Kier alpha value is -3.73. The standard InChI is InChI=1S/C23H17N3O3S/c24-15-17-5-1-4-8-23(17)29-19-9-11-20(12-10-19)30(27,28)26-16-18-13-14-25-22-7-3-2-6-21(18)22/h1-14,26H,16H2. The Labute approximate surface area is 174 Å². The number of ether oxygens (including phenoxy) is 1. The van der Waals surface area contributed by atoms with Gasteiger partial charge in [0.05, 0.1) is 16.0 Å². The third kappa shape index (κ3) is 4.15. The lowest BCUT2D eigenvalue weighted by molar-refractivity contribution is 0.480. The van der Waals surface area contributed by atoms with E-state index in [1.165, 1.54) is 12.1 Å². The zero-order valence-electron chi connectivity index (χ0n) is 15.8. The Kier molecular flexibility index (Phi) is 5.44. The van der Waals surface area contributed by atoms with E-state index in [-0.39, 0.29) is 11.4 Å². The highest BCUT2D eigenvalue weighted by atomic mass is 32.2. The zero-order chi connectivity index (χ0) is 21.0. The monoisotopic (exact) mass is 415 g/mol.